The molecule has 23 heavy (non-hydrogen) atoms. The fourth-order valence-corrected chi connectivity index (χ4v) is 2.22. The van der Waals surface area contributed by atoms with Crippen molar-refractivity contribution in [2.24, 2.45) is 0 Å². The lowest BCUT2D eigenvalue weighted by Gasteiger charge is -2.10. The van der Waals surface area contributed by atoms with Gasteiger partial charge >= 0.3 is 0 Å². The van der Waals surface area contributed by atoms with Crippen molar-refractivity contribution in [2.45, 2.75) is 13.3 Å². The standard InChI is InChI=1S/C17H18ClN3O2/c1-12(22)20-13-5-4-6-14(11-13)21-17(23)9-10-19-16-8-3-2-7-15(16)18/h2-8,11,19H,9-10H2,1H3,(H,20,22)(H,21,23). The van der Waals surface area contributed by atoms with Crippen LogP contribution in [0, 0.1) is 0 Å². The molecule has 0 heterocycles. The van der Waals surface area contributed by atoms with Crippen LogP contribution in [0.1, 0.15) is 13.3 Å². The van der Waals surface area contributed by atoms with Crippen LogP contribution in [0.15, 0.2) is 48.5 Å². The van der Waals surface area contributed by atoms with Gasteiger partial charge in [-0.25, -0.2) is 0 Å². The van der Waals surface area contributed by atoms with Crippen LogP contribution in [0.2, 0.25) is 5.02 Å². The lowest BCUT2D eigenvalue weighted by Crippen LogP contribution is -2.16. The topological polar surface area (TPSA) is 70.2 Å². The summed E-state index contributed by atoms with van der Waals surface area (Å²) in [5.41, 5.74) is 2.08. The van der Waals surface area contributed by atoms with E-state index in [1.54, 1.807) is 30.3 Å². The maximum Gasteiger partial charge on any atom is 0.226 e. The molecule has 2 aromatic rings. The quantitative estimate of drug-likeness (QED) is 0.755. The summed E-state index contributed by atoms with van der Waals surface area (Å²) in [5.74, 6) is -0.276. The molecule has 0 saturated heterocycles. The molecule has 0 unspecified atom stereocenters. The second-order valence-electron chi connectivity index (χ2n) is 4.97. The van der Waals surface area contributed by atoms with E-state index in [-0.39, 0.29) is 11.8 Å². The molecule has 0 saturated carbocycles. The van der Waals surface area contributed by atoms with E-state index in [0.29, 0.717) is 29.4 Å². The number of amides is 2. The summed E-state index contributed by atoms with van der Waals surface area (Å²) in [6.07, 6.45) is 0.301. The highest BCUT2D eigenvalue weighted by molar-refractivity contribution is 6.33. The number of benzene rings is 2. The summed E-state index contributed by atoms with van der Waals surface area (Å²) in [6.45, 7) is 1.91. The Labute approximate surface area is 140 Å². The van der Waals surface area contributed by atoms with E-state index in [4.69, 9.17) is 11.6 Å². The smallest absolute Gasteiger partial charge is 0.226 e. The molecule has 0 bridgehead atoms. The summed E-state index contributed by atoms with van der Waals surface area (Å²) in [4.78, 5) is 23.0. The second kappa shape index (κ2) is 8.19. The molecular weight excluding hydrogens is 314 g/mol. The van der Waals surface area contributed by atoms with Crippen LogP contribution in [-0.2, 0) is 9.59 Å². The molecule has 6 heteroatoms. The van der Waals surface area contributed by atoms with E-state index >= 15 is 0 Å². The van der Waals surface area contributed by atoms with E-state index in [9.17, 15) is 9.59 Å². The zero-order valence-corrected chi connectivity index (χ0v) is 13.5. The highest BCUT2D eigenvalue weighted by atomic mass is 35.5. The number of carbonyl (C=O) groups excluding carboxylic acids is 2. The van der Waals surface area contributed by atoms with Crippen LogP contribution < -0.4 is 16.0 Å². The summed E-state index contributed by atoms with van der Waals surface area (Å²) >= 11 is 6.03. The minimum Gasteiger partial charge on any atom is -0.383 e. The lowest BCUT2D eigenvalue weighted by atomic mass is 10.2. The average molecular weight is 332 g/mol. The molecule has 0 aromatic heterocycles. The normalized spacial score (nSPS) is 10.0. The molecular formula is C17H18ClN3O2. The average Bonchev–Trinajstić information content (AvgIpc) is 2.49. The van der Waals surface area contributed by atoms with Crippen molar-refractivity contribution >= 4 is 40.5 Å². The van der Waals surface area contributed by atoms with E-state index in [0.717, 1.165) is 5.69 Å². The van der Waals surface area contributed by atoms with Gasteiger partial charge in [-0.05, 0) is 30.3 Å². The number of rotatable bonds is 6. The predicted molar refractivity (Wildman–Crippen MR) is 93.9 cm³/mol. The summed E-state index contributed by atoms with van der Waals surface area (Å²) in [6, 6.07) is 14.4. The number of anilines is 3. The number of nitrogens with one attached hydrogen (secondary N) is 3. The molecule has 0 aliphatic carbocycles. The third-order valence-electron chi connectivity index (χ3n) is 3.01. The predicted octanol–water partition coefficient (Wildman–Crippen LogP) is 3.74. The van der Waals surface area contributed by atoms with Crippen LogP contribution in [0.25, 0.3) is 0 Å². The largest absolute Gasteiger partial charge is 0.383 e. The van der Waals surface area contributed by atoms with Crippen LogP contribution >= 0.6 is 11.6 Å². The molecule has 0 radical (unpaired) electrons. The van der Waals surface area contributed by atoms with Gasteiger partial charge in [-0.3, -0.25) is 9.59 Å². The van der Waals surface area contributed by atoms with Crippen molar-refractivity contribution in [3.8, 4) is 0 Å². The Morgan fingerprint density at radius 2 is 1.70 bits per heavy atom. The number of halogens is 1. The molecule has 0 aliphatic heterocycles. The minimum absolute atomic E-state index is 0.121. The maximum absolute atomic E-state index is 11.9. The number of para-hydroxylation sites is 1. The van der Waals surface area contributed by atoms with E-state index in [2.05, 4.69) is 16.0 Å². The molecule has 2 aromatic carbocycles. The fourth-order valence-electron chi connectivity index (χ4n) is 2.02. The van der Waals surface area contributed by atoms with Gasteiger partial charge in [0.1, 0.15) is 0 Å². The van der Waals surface area contributed by atoms with E-state index < -0.39 is 0 Å². The second-order valence-corrected chi connectivity index (χ2v) is 5.37. The number of carbonyl (C=O) groups is 2. The van der Waals surface area contributed by atoms with Crippen LogP contribution in [0.4, 0.5) is 17.1 Å². The molecule has 0 spiro atoms. The molecule has 0 atom stereocenters. The summed E-state index contributed by atoms with van der Waals surface area (Å²) in [7, 11) is 0. The van der Waals surface area contributed by atoms with Gasteiger partial charge in [0, 0.05) is 31.3 Å². The minimum atomic E-state index is -0.155. The maximum atomic E-state index is 11.9. The molecule has 0 fully saturated rings. The Kier molecular flexibility index (Phi) is 6.00. The SMILES string of the molecule is CC(=O)Nc1cccc(NC(=O)CCNc2ccccc2Cl)c1. The first-order chi connectivity index (χ1) is 11.0. The van der Waals surface area contributed by atoms with Gasteiger partial charge in [0.2, 0.25) is 11.8 Å². The van der Waals surface area contributed by atoms with Gasteiger partial charge in [-0.15, -0.1) is 0 Å². The van der Waals surface area contributed by atoms with Crippen molar-refractivity contribution < 1.29 is 9.59 Å². The molecule has 2 amide bonds. The highest BCUT2D eigenvalue weighted by Crippen LogP contribution is 2.20. The summed E-state index contributed by atoms with van der Waals surface area (Å²) in [5, 5.41) is 9.20. The van der Waals surface area contributed by atoms with Gasteiger partial charge in [-0.1, -0.05) is 29.8 Å². The zero-order chi connectivity index (χ0) is 16.7. The van der Waals surface area contributed by atoms with Gasteiger partial charge in [0.25, 0.3) is 0 Å². The fraction of sp³-hybridized carbons (Fsp3) is 0.176. The molecule has 120 valence electrons. The van der Waals surface area contributed by atoms with Crippen LogP contribution in [-0.4, -0.2) is 18.4 Å². The van der Waals surface area contributed by atoms with Crippen molar-refractivity contribution in [1.82, 2.24) is 0 Å². The van der Waals surface area contributed by atoms with E-state index in [1.165, 1.54) is 6.92 Å². The number of hydrogen-bond acceptors (Lipinski definition) is 3. The third kappa shape index (κ3) is 5.64. The van der Waals surface area contributed by atoms with Gasteiger partial charge in [-0.2, -0.15) is 0 Å². The van der Waals surface area contributed by atoms with Gasteiger partial charge < -0.3 is 16.0 Å². The highest BCUT2D eigenvalue weighted by Gasteiger charge is 2.04. The van der Waals surface area contributed by atoms with Gasteiger partial charge in [0.05, 0.1) is 10.7 Å². The molecule has 5 nitrogen and oxygen atoms in total. The Morgan fingerprint density at radius 1 is 1.00 bits per heavy atom. The van der Waals surface area contributed by atoms with Gasteiger partial charge in [0.15, 0.2) is 0 Å². The third-order valence-corrected chi connectivity index (χ3v) is 3.34. The Bertz CT molecular complexity index is 704. The number of hydrogen-bond donors (Lipinski definition) is 3. The first kappa shape index (κ1) is 16.8. The monoisotopic (exact) mass is 331 g/mol. The van der Waals surface area contributed by atoms with Crippen molar-refractivity contribution in [1.29, 1.82) is 0 Å². The summed E-state index contributed by atoms with van der Waals surface area (Å²) < 4.78 is 0. The van der Waals surface area contributed by atoms with E-state index in [1.807, 2.05) is 18.2 Å². The van der Waals surface area contributed by atoms with Crippen molar-refractivity contribution in [2.75, 3.05) is 22.5 Å². The first-order valence-corrected chi connectivity index (χ1v) is 7.58. The van der Waals surface area contributed by atoms with Crippen LogP contribution in [0.5, 0.6) is 0 Å². The Hall–Kier alpha value is -2.53. The van der Waals surface area contributed by atoms with Crippen molar-refractivity contribution in [3.63, 3.8) is 0 Å². The lowest BCUT2D eigenvalue weighted by molar-refractivity contribution is -0.116. The molecule has 3 N–H and O–H groups in total. The Morgan fingerprint density at radius 3 is 2.39 bits per heavy atom. The van der Waals surface area contributed by atoms with Crippen LogP contribution in [0.3, 0.4) is 0 Å². The first-order valence-electron chi connectivity index (χ1n) is 7.20. The molecule has 0 aliphatic rings. The van der Waals surface area contributed by atoms with Crippen molar-refractivity contribution in [3.05, 3.63) is 53.6 Å². The molecule has 2 rings (SSSR count). The Balaban J connectivity index is 1.83. The zero-order valence-electron chi connectivity index (χ0n) is 12.7.